The Kier molecular flexibility index (Phi) is 4.42. The van der Waals surface area contributed by atoms with Crippen LogP contribution in [0.25, 0.3) is 0 Å². The number of aromatic nitrogens is 3. The van der Waals surface area contributed by atoms with Crippen LogP contribution in [-0.4, -0.2) is 27.1 Å². The molecule has 2 N–H and O–H groups in total. The van der Waals surface area contributed by atoms with Crippen molar-refractivity contribution in [2.45, 2.75) is 33.2 Å². The predicted octanol–water partition coefficient (Wildman–Crippen LogP) is 0.394. The van der Waals surface area contributed by atoms with E-state index in [4.69, 9.17) is 5.73 Å². The fraction of sp³-hybridized carbons (Fsp3) is 0.700. The van der Waals surface area contributed by atoms with Gasteiger partial charge in [0, 0.05) is 13.0 Å². The Hall–Kier alpha value is -1.23. The third-order valence-electron chi connectivity index (χ3n) is 2.33. The Bertz CT molecular complexity index is 321. The van der Waals surface area contributed by atoms with Crippen molar-refractivity contribution in [1.82, 2.24) is 14.8 Å². The number of carbonyl (C=O) groups excluding carboxylic acids is 1. The first-order chi connectivity index (χ1) is 7.17. The Morgan fingerprint density at radius 3 is 3.00 bits per heavy atom. The summed E-state index contributed by atoms with van der Waals surface area (Å²) in [6.45, 7) is 5.24. The minimum atomic E-state index is 0.177. The molecule has 1 atom stereocenters. The van der Waals surface area contributed by atoms with Gasteiger partial charge in [-0.1, -0.05) is 6.92 Å². The Morgan fingerprint density at radius 2 is 2.40 bits per heavy atom. The molecule has 1 heterocycles. The van der Waals surface area contributed by atoms with Gasteiger partial charge in [-0.15, -0.1) is 0 Å². The lowest BCUT2D eigenvalue weighted by Crippen LogP contribution is -2.18. The summed E-state index contributed by atoms with van der Waals surface area (Å²) < 4.78 is 1.74. The molecule has 1 rings (SSSR count). The van der Waals surface area contributed by atoms with Gasteiger partial charge in [-0.3, -0.25) is 4.79 Å². The molecule has 0 aliphatic heterocycles. The fourth-order valence-electron chi connectivity index (χ4n) is 1.41. The van der Waals surface area contributed by atoms with Crippen molar-refractivity contribution in [3.05, 3.63) is 12.2 Å². The van der Waals surface area contributed by atoms with Crippen LogP contribution in [0, 0.1) is 5.92 Å². The molecule has 0 aliphatic rings. The van der Waals surface area contributed by atoms with Gasteiger partial charge in [-0.05, 0) is 19.4 Å². The van der Waals surface area contributed by atoms with Crippen molar-refractivity contribution in [3.63, 3.8) is 0 Å². The summed E-state index contributed by atoms with van der Waals surface area (Å²) in [7, 11) is 0. The molecular formula is C10H18N4O. The molecule has 0 radical (unpaired) electrons. The highest BCUT2D eigenvalue weighted by molar-refractivity contribution is 5.80. The number of rotatable bonds is 6. The molecule has 84 valence electrons. The highest BCUT2D eigenvalue weighted by atomic mass is 16.1. The van der Waals surface area contributed by atoms with Crippen molar-refractivity contribution in [1.29, 1.82) is 0 Å². The molecule has 0 spiro atoms. The molecule has 1 aromatic rings. The average molecular weight is 210 g/mol. The van der Waals surface area contributed by atoms with Gasteiger partial charge in [0.05, 0.1) is 6.42 Å². The maximum Gasteiger partial charge on any atom is 0.140 e. The highest BCUT2D eigenvalue weighted by Gasteiger charge is 2.12. The van der Waals surface area contributed by atoms with Crippen LogP contribution < -0.4 is 5.73 Å². The Morgan fingerprint density at radius 1 is 1.67 bits per heavy atom. The molecular weight excluding hydrogens is 192 g/mol. The van der Waals surface area contributed by atoms with Gasteiger partial charge in [0.25, 0.3) is 0 Å². The third-order valence-corrected chi connectivity index (χ3v) is 2.33. The first-order valence-electron chi connectivity index (χ1n) is 5.25. The number of aryl methyl sites for hydroxylation is 1. The van der Waals surface area contributed by atoms with E-state index >= 15 is 0 Å². The number of ketones is 1. The molecule has 1 unspecified atom stereocenters. The summed E-state index contributed by atoms with van der Waals surface area (Å²) in [5.41, 5.74) is 5.46. The van der Waals surface area contributed by atoms with Crippen LogP contribution in [0.1, 0.15) is 26.1 Å². The smallest absolute Gasteiger partial charge is 0.140 e. The van der Waals surface area contributed by atoms with E-state index in [-0.39, 0.29) is 11.7 Å². The second-order valence-electron chi connectivity index (χ2n) is 3.75. The van der Waals surface area contributed by atoms with Gasteiger partial charge in [0.2, 0.25) is 0 Å². The molecule has 0 amide bonds. The highest BCUT2D eigenvalue weighted by Crippen LogP contribution is 2.04. The number of nitrogens with two attached hydrogens (primary N) is 1. The van der Waals surface area contributed by atoms with Gasteiger partial charge in [0.15, 0.2) is 0 Å². The first-order valence-corrected chi connectivity index (χ1v) is 5.25. The SMILES string of the molecule is CCn1ncnc1CC(=O)CC(C)CN. The van der Waals surface area contributed by atoms with Gasteiger partial charge < -0.3 is 5.73 Å². The van der Waals surface area contributed by atoms with E-state index in [1.807, 2.05) is 13.8 Å². The summed E-state index contributed by atoms with van der Waals surface area (Å²) >= 11 is 0. The van der Waals surface area contributed by atoms with Crippen molar-refractivity contribution >= 4 is 5.78 Å². The summed E-state index contributed by atoms with van der Waals surface area (Å²) in [6.07, 6.45) is 2.36. The van der Waals surface area contributed by atoms with E-state index in [0.717, 1.165) is 12.4 Å². The van der Waals surface area contributed by atoms with Gasteiger partial charge in [-0.2, -0.15) is 5.10 Å². The number of hydrogen-bond donors (Lipinski definition) is 1. The second kappa shape index (κ2) is 5.60. The van der Waals surface area contributed by atoms with E-state index < -0.39 is 0 Å². The number of nitrogens with zero attached hydrogens (tertiary/aromatic N) is 3. The fourth-order valence-corrected chi connectivity index (χ4v) is 1.41. The molecule has 15 heavy (non-hydrogen) atoms. The predicted molar refractivity (Wildman–Crippen MR) is 57.2 cm³/mol. The molecule has 0 saturated carbocycles. The Labute approximate surface area is 89.7 Å². The molecule has 0 bridgehead atoms. The summed E-state index contributed by atoms with van der Waals surface area (Å²) in [5, 5.41) is 4.02. The minimum absolute atomic E-state index is 0.177. The van der Waals surface area contributed by atoms with E-state index in [1.165, 1.54) is 6.33 Å². The van der Waals surface area contributed by atoms with Gasteiger partial charge in [0.1, 0.15) is 17.9 Å². The van der Waals surface area contributed by atoms with Crippen LogP contribution in [0.15, 0.2) is 6.33 Å². The number of hydrogen-bond acceptors (Lipinski definition) is 4. The number of Topliss-reactive ketones (excluding diaryl/α,β-unsaturated/α-hetero) is 1. The Balaban J connectivity index is 2.51. The van der Waals surface area contributed by atoms with E-state index in [0.29, 0.717) is 19.4 Å². The van der Waals surface area contributed by atoms with Gasteiger partial charge >= 0.3 is 0 Å². The topological polar surface area (TPSA) is 73.8 Å². The maximum atomic E-state index is 11.6. The zero-order chi connectivity index (χ0) is 11.3. The van der Waals surface area contributed by atoms with Crippen LogP contribution in [0.2, 0.25) is 0 Å². The van der Waals surface area contributed by atoms with Crippen molar-refractivity contribution in [2.24, 2.45) is 11.7 Å². The van der Waals surface area contributed by atoms with Crippen molar-refractivity contribution < 1.29 is 4.79 Å². The molecule has 0 fully saturated rings. The molecule has 0 aromatic carbocycles. The van der Waals surface area contributed by atoms with Crippen LogP contribution in [-0.2, 0) is 17.8 Å². The lowest BCUT2D eigenvalue weighted by molar-refractivity contribution is -0.119. The van der Waals surface area contributed by atoms with E-state index in [9.17, 15) is 4.79 Å². The lowest BCUT2D eigenvalue weighted by Gasteiger charge is -2.07. The number of carbonyl (C=O) groups is 1. The second-order valence-corrected chi connectivity index (χ2v) is 3.75. The van der Waals surface area contributed by atoms with Crippen LogP contribution in [0.3, 0.4) is 0 Å². The largest absolute Gasteiger partial charge is 0.330 e. The van der Waals surface area contributed by atoms with Crippen LogP contribution in [0.5, 0.6) is 0 Å². The molecule has 5 nitrogen and oxygen atoms in total. The average Bonchev–Trinajstić information content (AvgIpc) is 2.64. The maximum absolute atomic E-state index is 11.6. The van der Waals surface area contributed by atoms with E-state index in [2.05, 4.69) is 10.1 Å². The summed E-state index contributed by atoms with van der Waals surface area (Å²) in [6, 6.07) is 0. The molecule has 0 aliphatic carbocycles. The van der Waals surface area contributed by atoms with E-state index in [1.54, 1.807) is 4.68 Å². The first kappa shape index (κ1) is 11.8. The lowest BCUT2D eigenvalue weighted by atomic mass is 10.0. The quantitative estimate of drug-likeness (QED) is 0.737. The zero-order valence-electron chi connectivity index (χ0n) is 9.31. The minimum Gasteiger partial charge on any atom is -0.330 e. The third kappa shape index (κ3) is 3.43. The summed E-state index contributed by atoms with van der Waals surface area (Å²) in [5.74, 6) is 1.16. The van der Waals surface area contributed by atoms with Crippen molar-refractivity contribution in [2.75, 3.05) is 6.54 Å². The molecule has 1 aromatic heterocycles. The normalized spacial score (nSPS) is 12.7. The zero-order valence-corrected chi connectivity index (χ0v) is 9.31. The van der Waals surface area contributed by atoms with Crippen molar-refractivity contribution in [3.8, 4) is 0 Å². The van der Waals surface area contributed by atoms with Crippen LogP contribution in [0.4, 0.5) is 0 Å². The standard InChI is InChI=1S/C10H18N4O/c1-3-14-10(12-7-13-14)5-9(15)4-8(2)6-11/h7-8H,3-6,11H2,1-2H3. The monoisotopic (exact) mass is 210 g/mol. The molecule has 5 heteroatoms. The molecule has 0 saturated heterocycles. The van der Waals surface area contributed by atoms with Gasteiger partial charge in [-0.25, -0.2) is 9.67 Å². The summed E-state index contributed by atoms with van der Waals surface area (Å²) in [4.78, 5) is 15.7. The van der Waals surface area contributed by atoms with Crippen LogP contribution >= 0.6 is 0 Å².